The molecular weight excluding hydrogens is 380 g/mol. The summed E-state index contributed by atoms with van der Waals surface area (Å²) in [5.41, 5.74) is 0. The van der Waals surface area contributed by atoms with Crippen LogP contribution in [0.4, 0.5) is 0 Å². The summed E-state index contributed by atoms with van der Waals surface area (Å²) in [4.78, 5) is 4.60. The highest BCUT2D eigenvalue weighted by atomic mass is 28.5. The smallest absolute Gasteiger partial charge is 0.373 e. The van der Waals surface area contributed by atoms with Crippen molar-refractivity contribution < 1.29 is 21.8 Å². The van der Waals surface area contributed by atoms with Crippen LogP contribution in [0.2, 0.25) is 0 Å². The highest BCUT2D eigenvalue weighted by Gasteiger charge is 2.55. The predicted molar refractivity (Wildman–Crippen MR) is 115 cm³/mol. The summed E-state index contributed by atoms with van der Waals surface area (Å²) in [6.07, 6.45) is 1.30. The Morgan fingerprint density at radius 2 is 0.741 bits per heavy atom. The summed E-state index contributed by atoms with van der Waals surface area (Å²) < 4.78 is 31.6. The minimum absolute atomic E-state index is 0.543. The highest BCUT2D eigenvalue weighted by Crippen LogP contribution is 2.22. The molecule has 0 amide bonds. The molecule has 0 aromatic rings. The lowest BCUT2D eigenvalue weighted by atomic mass is 10.6. The number of hydrogen-bond donors (Lipinski definition) is 0. The number of rotatable bonds is 18. The van der Waals surface area contributed by atoms with Gasteiger partial charge in [0.2, 0.25) is 0 Å². The average Bonchev–Trinajstić information content (AvgIpc) is 2.65. The molecule has 0 saturated carbocycles. The van der Waals surface area contributed by atoms with Crippen LogP contribution in [-0.2, 0) is 21.8 Å². The van der Waals surface area contributed by atoms with Gasteiger partial charge in [-0.15, -0.1) is 0 Å². The standard InChI is InChI=1S/C18H44N2O5Si2/c1-9-19(10-2)17-26(21-13-5,22-14-6)25-27(23-15-7,24-16-8)18-20(11-3)12-4/h9-18H2,1-8H3. The fourth-order valence-electron chi connectivity index (χ4n) is 3.01. The molecule has 0 aliphatic rings. The molecule has 9 heteroatoms. The molecule has 164 valence electrons. The summed E-state index contributed by atoms with van der Waals surface area (Å²) in [5, 5.41) is 0. The first-order chi connectivity index (χ1) is 12.9. The number of nitrogens with zero attached hydrogens (tertiary/aromatic N) is 2. The quantitative estimate of drug-likeness (QED) is 0.314. The fraction of sp³-hybridized carbons (Fsp3) is 1.00. The first-order valence-corrected chi connectivity index (χ1v) is 14.5. The topological polar surface area (TPSA) is 52.6 Å². The summed E-state index contributed by atoms with van der Waals surface area (Å²) >= 11 is 0. The van der Waals surface area contributed by atoms with Gasteiger partial charge in [-0.05, 0) is 53.9 Å². The van der Waals surface area contributed by atoms with Gasteiger partial charge in [-0.2, -0.15) is 0 Å². The second kappa shape index (κ2) is 15.1. The monoisotopic (exact) mass is 424 g/mol. The van der Waals surface area contributed by atoms with E-state index in [4.69, 9.17) is 21.8 Å². The molecule has 0 radical (unpaired) electrons. The third-order valence-electron chi connectivity index (χ3n) is 4.39. The maximum Gasteiger partial charge on any atom is 0.508 e. The van der Waals surface area contributed by atoms with Crippen molar-refractivity contribution in [2.45, 2.75) is 55.4 Å². The van der Waals surface area contributed by atoms with E-state index in [1.54, 1.807) is 0 Å². The summed E-state index contributed by atoms with van der Waals surface area (Å²) in [7, 11) is -5.98. The first kappa shape index (κ1) is 27.2. The van der Waals surface area contributed by atoms with E-state index in [0.29, 0.717) is 38.8 Å². The summed E-state index contributed by atoms with van der Waals surface area (Å²) in [5.74, 6) is 0. The molecule has 0 rings (SSSR count). The normalized spacial score (nSPS) is 13.1. The van der Waals surface area contributed by atoms with Crippen LogP contribution in [0.3, 0.4) is 0 Å². The van der Waals surface area contributed by atoms with E-state index in [9.17, 15) is 0 Å². The van der Waals surface area contributed by atoms with Crippen molar-refractivity contribution >= 4 is 17.6 Å². The Labute approximate surface area is 170 Å². The summed E-state index contributed by atoms with van der Waals surface area (Å²) in [6.45, 7) is 22.4. The minimum atomic E-state index is -2.99. The van der Waals surface area contributed by atoms with Gasteiger partial charge in [-0.25, -0.2) is 0 Å². The SMILES string of the molecule is CCO[Si](CN(CC)CC)(OCC)O[Si](CN(CC)CC)(OCC)OCC. The molecule has 0 spiro atoms. The van der Waals surface area contributed by atoms with Gasteiger partial charge in [0.1, 0.15) is 0 Å². The van der Waals surface area contributed by atoms with Gasteiger partial charge in [-0.1, -0.05) is 27.7 Å². The molecule has 0 aromatic carbocycles. The lowest BCUT2D eigenvalue weighted by molar-refractivity contribution is 0.0343. The predicted octanol–water partition coefficient (Wildman–Crippen LogP) is 2.79. The van der Waals surface area contributed by atoms with Crippen molar-refractivity contribution in [3.8, 4) is 0 Å². The molecule has 0 N–H and O–H groups in total. The largest absolute Gasteiger partial charge is 0.508 e. The first-order valence-electron chi connectivity index (χ1n) is 10.6. The molecule has 7 nitrogen and oxygen atoms in total. The van der Waals surface area contributed by atoms with Crippen LogP contribution in [0.1, 0.15) is 55.4 Å². The maximum absolute atomic E-state index is 6.76. The summed E-state index contributed by atoms with van der Waals surface area (Å²) in [6, 6.07) is 0. The Hall–Kier alpha value is 0.154. The fourth-order valence-corrected chi connectivity index (χ4v) is 10.6. The van der Waals surface area contributed by atoms with Gasteiger partial charge in [0, 0.05) is 26.4 Å². The van der Waals surface area contributed by atoms with Gasteiger partial charge >= 0.3 is 17.6 Å². The second-order valence-corrected chi connectivity index (χ2v) is 11.5. The Bertz CT molecular complexity index is 315. The average molecular weight is 425 g/mol. The van der Waals surface area contributed by atoms with Crippen LogP contribution in [0, 0.1) is 0 Å². The number of hydrogen-bond acceptors (Lipinski definition) is 7. The molecule has 0 saturated heterocycles. The van der Waals surface area contributed by atoms with E-state index < -0.39 is 17.6 Å². The Morgan fingerprint density at radius 3 is 0.926 bits per heavy atom. The molecule has 0 atom stereocenters. The van der Waals surface area contributed by atoms with E-state index in [2.05, 4.69) is 37.5 Å². The van der Waals surface area contributed by atoms with Crippen LogP contribution >= 0.6 is 0 Å². The van der Waals surface area contributed by atoms with Gasteiger partial charge in [0.05, 0.1) is 12.3 Å². The zero-order chi connectivity index (χ0) is 20.8. The van der Waals surface area contributed by atoms with Gasteiger partial charge in [0.25, 0.3) is 0 Å². The van der Waals surface area contributed by atoms with Crippen LogP contribution in [-0.4, -0.2) is 92.4 Å². The Morgan fingerprint density at radius 1 is 0.481 bits per heavy atom. The lowest BCUT2D eigenvalue weighted by Gasteiger charge is -2.41. The van der Waals surface area contributed by atoms with E-state index >= 15 is 0 Å². The molecule has 0 aliphatic heterocycles. The molecule has 0 heterocycles. The molecule has 0 aromatic heterocycles. The van der Waals surface area contributed by atoms with E-state index in [-0.39, 0.29) is 0 Å². The molecule has 0 fully saturated rings. The van der Waals surface area contributed by atoms with Crippen molar-refractivity contribution in [2.75, 3.05) is 64.9 Å². The van der Waals surface area contributed by atoms with Crippen LogP contribution < -0.4 is 0 Å². The van der Waals surface area contributed by atoms with Gasteiger partial charge < -0.3 is 21.8 Å². The highest BCUT2D eigenvalue weighted by molar-refractivity contribution is 6.75. The van der Waals surface area contributed by atoms with Crippen molar-refractivity contribution in [1.82, 2.24) is 9.80 Å². The molecule has 0 bridgehead atoms. The van der Waals surface area contributed by atoms with Crippen LogP contribution in [0.5, 0.6) is 0 Å². The third kappa shape index (κ3) is 9.46. The molecule has 0 aliphatic carbocycles. The maximum atomic E-state index is 6.76. The zero-order valence-electron chi connectivity index (χ0n) is 19.0. The van der Waals surface area contributed by atoms with Gasteiger partial charge in [-0.3, -0.25) is 9.80 Å². The minimum Gasteiger partial charge on any atom is -0.373 e. The van der Waals surface area contributed by atoms with Crippen molar-refractivity contribution in [1.29, 1.82) is 0 Å². The van der Waals surface area contributed by atoms with E-state index in [0.717, 1.165) is 26.2 Å². The van der Waals surface area contributed by atoms with E-state index in [1.165, 1.54) is 0 Å². The third-order valence-corrected chi connectivity index (χ3v) is 11.5. The molecule has 0 unspecified atom stereocenters. The van der Waals surface area contributed by atoms with Crippen molar-refractivity contribution in [2.24, 2.45) is 0 Å². The Balaban J connectivity index is 5.88. The zero-order valence-corrected chi connectivity index (χ0v) is 21.0. The van der Waals surface area contributed by atoms with Crippen molar-refractivity contribution in [3.63, 3.8) is 0 Å². The van der Waals surface area contributed by atoms with Crippen LogP contribution in [0.15, 0.2) is 0 Å². The molecule has 27 heavy (non-hydrogen) atoms. The Kier molecular flexibility index (Phi) is 15.1. The van der Waals surface area contributed by atoms with Gasteiger partial charge in [0.15, 0.2) is 0 Å². The van der Waals surface area contributed by atoms with Crippen molar-refractivity contribution in [3.05, 3.63) is 0 Å². The lowest BCUT2D eigenvalue weighted by Crippen LogP contribution is -2.66. The molecular formula is C18H44N2O5Si2. The van der Waals surface area contributed by atoms with E-state index in [1.807, 2.05) is 27.7 Å². The second-order valence-electron chi connectivity index (χ2n) is 6.12. The van der Waals surface area contributed by atoms with Crippen LogP contribution in [0.25, 0.3) is 0 Å².